The first-order valence-corrected chi connectivity index (χ1v) is 17.8. The van der Waals surface area contributed by atoms with Gasteiger partial charge in [0.2, 0.25) is 0 Å². The molecule has 2 amide bonds. The minimum Gasteiger partial charge on any atom is -0.497 e. The second-order valence-corrected chi connectivity index (χ2v) is 15.7. The van der Waals surface area contributed by atoms with Crippen LogP contribution in [0.1, 0.15) is 102 Å². The van der Waals surface area contributed by atoms with Crippen molar-refractivity contribution in [1.82, 2.24) is 9.80 Å². The molecule has 0 unspecified atom stereocenters. The number of likely N-dealkylation sites (tertiary alicyclic amines) is 1. The summed E-state index contributed by atoms with van der Waals surface area (Å²) in [5.74, 6) is 2.49. The van der Waals surface area contributed by atoms with E-state index in [-0.39, 0.29) is 30.3 Å². The second-order valence-electron chi connectivity index (χ2n) is 15.7. The average molecular weight is 647 g/mol. The molecule has 3 aliphatic carbocycles. The number of rotatable bonds is 7. The number of nitrogens with zero attached hydrogens (tertiary/aromatic N) is 2. The molecule has 1 aliphatic heterocycles. The molecule has 47 heavy (non-hydrogen) atoms. The number of benzene rings is 2. The summed E-state index contributed by atoms with van der Waals surface area (Å²) in [7, 11) is 1.73. The zero-order chi connectivity index (χ0) is 33.4. The Morgan fingerprint density at radius 3 is 2.45 bits per heavy atom. The molecule has 0 spiro atoms. The number of amides is 2. The number of fused-ring (bicyclic) bond motifs is 5. The van der Waals surface area contributed by atoms with E-state index in [0.29, 0.717) is 56.7 Å². The van der Waals surface area contributed by atoms with Gasteiger partial charge in [-0.15, -0.1) is 0 Å². The fourth-order valence-electron chi connectivity index (χ4n) is 9.43. The van der Waals surface area contributed by atoms with Crippen LogP contribution in [-0.4, -0.2) is 71.1 Å². The Kier molecular flexibility index (Phi) is 9.54. The minimum absolute atomic E-state index is 0.0702. The molecule has 0 radical (unpaired) electrons. The van der Waals surface area contributed by atoms with Gasteiger partial charge < -0.3 is 29.1 Å². The first-order chi connectivity index (χ1) is 22.4. The summed E-state index contributed by atoms with van der Waals surface area (Å²) < 4.78 is 17.0. The van der Waals surface area contributed by atoms with E-state index in [9.17, 15) is 14.7 Å². The van der Waals surface area contributed by atoms with Gasteiger partial charge in [0.25, 0.3) is 0 Å². The van der Waals surface area contributed by atoms with Gasteiger partial charge in [-0.05, 0) is 131 Å². The Balaban J connectivity index is 1.11. The maximum Gasteiger partial charge on any atom is 0.410 e. The van der Waals surface area contributed by atoms with E-state index in [4.69, 9.17) is 14.2 Å². The van der Waals surface area contributed by atoms with Crippen LogP contribution in [0, 0.1) is 17.3 Å². The van der Waals surface area contributed by atoms with Crippen LogP contribution in [0.4, 0.5) is 9.59 Å². The lowest BCUT2D eigenvalue weighted by atomic mass is 9.53. The molecule has 2 saturated carbocycles. The summed E-state index contributed by atoms with van der Waals surface area (Å²) in [6, 6.07) is 16.2. The highest BCUT2D eigenvalue weighted by Crippen LogP contribution is 2.65. The Morgan fingerprint density at radius 2 is 1.74 bits per heavy atom. The first kappa shape index (κ1) is 33.6. The molecule has 8 nitrogen and oxygen atoms in total. The normalized spacial score (nSPS) is 28.9. The van der Waals surface area contributed by atoms with Gasteiger partial charge in [-0.1, -0.05) is 43.3 Å². The Labute approximate surface area is 280 Å². The topological polar surface area (TPSA) is 88.5 Å². The summed E-state index contributed by atoms with van der Waals surface area (Å²) in [5, 5.41) is 12.5. The molecular weight excluding hydrogens is 592 g/mol. The number of carbonyl (C=O) groups excluding carboxylic acids is 2. The number of carbonyl (C=O) groups is 2. The minimum atomic E-state index is -0.842. The highest BCUT2D eigenvalue weighted by atomic mass is 16.6. The molecule has 4 aliphatic rings. The number of aryl methyl sites for hydroxylation is 1. The van der Waals surface area contributed by atoms with Crippen molar-refractivity contribution >= 4 is 12.2 Å². The molecule has 0 aromatic heterocycles. The van der Waals surface area contributed by atoms with Crippen LogP contribution in [0.25, 0.3) is 0 Å². The maximum absolute atomic E-state index is 13.7. The second kappa shape index (κ2) is 13.3. The van der Waals surface area contributed by atoms with Crippen molar-refractivity contribution in [1.29, 1.82) is 0 Å². The van der Waals surface area contributed by atoms with Gasteiger partial charge in [0, 0.05) is 25.7 Å². The standard InChI is InChI=1S/C39H54N2O6/c1-37(2,3)47-36(43)41(29-17-22-40(23-18-29)35(42)46-26-27-9-7-6-8-10-27)24-21-39(44)20-16-34-33-13-11-28-25-30(45-5)12-14-31(28)32(33)15-19-38(34,39)4/h6-10,12,14,25,29,32-34,44H,11,13,15-24,26H2,1-5H3/t32-,33-,34+,38+,39-/m1/s1. The van der Waals surface area contributed by atoms with Crippen molar-refractivity contribution in [2.24, 2.45) is 17.3 Å². The number of piperidine rings is 1. The third kappa shape index (κ3) is 6.85. The lowest BCUT2D eigenvalue weighted by Gasteiger charge is -2.53. The molecule has 1 saturated heterocycles. The van der Waals surface area contributed by atoms with E-state index in [0.717, 1.165) is 49.8 Å². The Bertz CT molecular complexity index is 1420. The van der Waals surface area contributed by atoms with Gasteiger partial charge in [0.1, 0.15) is 18.0 Å². The molecule has 1 heterocycles. The van der Waals surface area contributed by atoms with Crippen LogP contribution in [0.15, 0.2) is 48.5 Å². The first-order valence-electron chi connectivity index (χ1n) is 17.8. The summed E-state index contributed by atoms with van der Waals surface area (Å²) in [4.78, 5) is 30.1. The summed E-state index contributed by atoms with van der Waals surface area (Å²) in [6.07, 6.45) is 7.22. The van der Waals surface area contributed by atoms with Crippen LogP contribution in [0.3, 0.4) is 0 Å². The van der Waals surface area contributed by atoms with Crippen molar-refractivity contribution in [3.05, 3.63) is 65.2 Å². The SMILES string of the molecule is COc1ccc2c(c1)CC[C@@H]1[C@@H]2CC[C@@]2(C)[C@H]1CC[C@@]2(O)CCN(C(=O)OC(C)(C)C)C1CCN(C(=O)OCc2ccccc2)CC1. The van der Waals surface area contributed by atoms with Gasteiger partial charge >= 0.3 is 12.2 Å². The highest BCUT2D eigenvalue weighted by molar-refractivity contribution is 5.69. The summed E-state index contributed by atoms with van der Waals surface area (Å²) in [6.45, 7) is 9.69. The monoisotopic (exact) mass is 646 g/mol. The van der Waals surface area contributed by atoms with Crippen LogP contribution < -0.4 is 4.74 Å². The van der Waals surface area contributed by atoms with Crippen LogP contribution >= 0.6 is 0 Å². The fourth-order valence-corrected chi connectivity index (χ4v) is 9.43. The van der Waals surface area contributed by atoms with Gasteiger partial charge in [0.15, 0.2) is 0 Å². The Morgan fingerprint density at radius 1 is 1.00 bits per heavy atom. The lowest BCUT2D eigenvalue weighted by molar-refractivity contribution is -0.111. The molecule has 0 bridgehead atoms. The van der Waals surface area contributed by atoms with E-state index in [1.165, 1.54) is 11.1 Å². The molecule has 3 fully saturated rings. The lowest BCUT2D eigenvalue weighted by Crippen LogP contribution is -2.54. The number of hydrogen-bond donors (Lipinski definition) is 1. The zero-order valence-corrected chi connectivity index (χ0v) is 29.0. The number of methoxy groups -OCH3 is 1. The third-order valence-electron chi connectivity index (χ3n) is 12.0. The van der Waals surface area contributed by atoms with Crippen LogP contribution in [-0.2, 0) is 22.5 Å². The smallest absolute Gasteiger partial charge is 0.410 e. The molecule has 8 heteroatoms. The third-order valence-corrected chi connectivity index (χ3v) is 12.0. The van der Waals surface area contributed by atoms with Gasteiger partial charge in [-0.25, -0.2) is 9.59 Å². The average Bonchev–Trinajstić information content (AvgIpc) is 3.33. The fraction of sp³-hybridized carbons (Fsp3) is 0.641. The van der Waals surface area contributed by atoms with Crippen molar-refractivity contribution in [2.75, 3.05) is 26.7 Å². The predicted molar refractivity (Wildman–Crippen MR) is 181 cm³/mol. The quantitative estimate of drug-likeness (QED) is 0.332. The predicted octanol–water partition coefficient (Wildman–Crippen LogP) is 7.71. The molecule has 6 rings (SSSR count). The van der Waals surface area contributed by atoms with Gasteiger partial charge in [-0.3, -0.25) is 0 Å². The maximum atomic E-state index is 13.7. The van der Waals surface area contributed by atoms with Crippen LogP contribution in [0.2, 0.25) is 0 Å². The summed E-state index contributed by atoms with van der Waals surface area (Å²) in [5.41, 5.74) is 2.19. The highest BCUT2D eigenvalue weighted by Gasteiger charge is 2.61. The Hall–Kier alpha value is -3.26. The molecule has 1 N–H and O–H groups in total. The van der Waals surface area contributed by atoms with E-state index in [1.807, 2.05) is 56.0 Å². The molecule has 5 atom stereocenters. The van der Waals surface area contributed by atoms with Crippen molar-refractivity contribution in [3.8, 4) is 5.75 Å². The van der Waals surface area contributed by atoms with Gasteiger partial charge in [0.05, 0.1) is 12.7 Å². The molecular formula is C39H54N2O6. The van der Waals surface area contributed by atoms with E-state index < -0.39 is 11.2 Å². The number of ether oxygens (including phenoxy) is 3. The van der Waals surface area contributed by atoms with E-state index >= 15 is 0 Å². The van der Waals surface area contributed by atoms with Crippen molar-refractivity contribution in [2.45, 2.75) is 115 Å². The molecule has 2 aromatic carbocycles. The van der Waals surface area contributed by atoms with Crippen molar-refractivity contribution < 1.29 is 28.9 Å². The largest absolute Gasteiger partial charge is 0.497 e. The van der Waals surface area contributed by atoms with Crippen LogP contribution in [0.5, 0.6) is 5.75 Å². The zero-order valence-electron chi connectivity index (χ0n) is 29.0. The molecule has 256 valence electrons. The number of hydrogen-bond acceptors (Lipinski definition) is 6. The number of aliphatic hydroxyl groups is 1. The van der Waals surface area contributed by atoms with E-state index in [1.54, 1.807) is 12.0 Å². The van der Waals surface area contributed by atoms with Gasteiger partial charge in [-0.2, -0.15) is 0 Å². The molecule has 2 aromatic rings. The van der Waals surface area contributed by atoms with E-state index in [2.05, 4.69) is 25.1 Å². The summed E-state index contributed by atoms with van der Waals surface area (Å²) >= 11 is 0. The van der Waals surface area contributed by atoms with Crippen molar-refractivity contribution in [3.63, 3.8) is 0 Å².